The number of hydrogen-bond donors (Lipinski definition) is 1. The maximum absolute atomic E-state index is 13.2. The fraction of sp³-hybridized carbons (Fsp3) is 0.400. The van der Waals surface area contributed by atoms with Crippen LogP contribution in [-0.2, 0) is 6.42 Å². The molecule has 2 nitrogen and oxygen atoms in total. The second-order valence-corrected chi connectivity index (χ2v) is 3.33. The van der Waals surface area contributed by atoms with Crippen LogP contribution in [0.25, 0.3) is 0 Å². The molecule has 0 spiro atoms. The van der Waals surface area contributed by atoms with Crippen LogP contribution in [0.4, 0.5) is 4.39 Å². The molecule has 14 heavy (non-hydrogen) atoms. The number of aryl methyl sites for hydroxylation is 1. The zero-order valence-corrected chi connectivity index (χ0v) is 8.64. The topological polar surface area (TPSA) is 29.5 Å². The first kappa shape index (κ1) is 11.3. The van der Waals surface area contributed by atoms with Crippen molar-refractivity contribution in [3.63, 3.8) is 0 Å². The predicted octanol–water partition coefficient (Wildman–Crippen LogP) is 2.41. The second kappa shape index (κ2) is 5.17. The van der Waals surface area contributed by atoms with Crippen LogP contribution in [0.3, 0.4) is 0 Å². The van der Waals surface area contributed by atoms with Gasteiger partial charge in [-0.2, -0.15) is 0 Å². The van der Waals surface area contributed by atoms with Crippen molar-refractivity contribution in [2.75, 3.05) is 13.7 Å². The van der Waals surface area contributed by atoms with Crippen LogP contribution in [0, 0.1) is 5.82 Å². The monoisotopic (exact) mass is 218 g/mol. The molecule has 0 amide bonds. The van der Waals surface area contributed by atoms with Gasteiger partial charge in [0.1, 0.15) is 0 Å². The normalized spacial score (nSPS) is 10.3. The Labute approximate surface area is 87.3 Å². The van der Waals surface area contributed by atoms with Gasteiger partial charge in [0.15, 0.2) is 11.6 Å². The summed E-state index contributed by atoms with van der Waals surface area (Å²) in [5.41, 5.74) is 0.863. The molecule has 0 saturated heterocycles. The minimum Gasteiger partial charge on any atom is -0.494 e. The molecule has 0 aliphatic carbocycles. The second-order valence-electron chi connectivity index (χ2n) is 2.92. The Morgan fingerprint density at radius 1 is 1.50 bits per heavy atom. The van der Waals surface area contributed by atoms with Crippen LogP contribution < -0.4 is 4.74 Å². The molecule has 0 fully saturated rings. The molecule has 0 heterocycles. The van der Waals surface area contributed by atoms with Crippen molar-refractivity contribution in [1.82, 2.24) is 0 Å². The highest BCUT2D eigenvalue weighted by Gasteiger charge is 2.09. The van der Waals surface area contributed by atoms with Gasteiger partial charge in [0.2, 0.25) is 0 Å². The van der Waals surface area contributed by atoms with E-state index >= 15 is 0 Å². The fourth-order valence-electron chi connectivity index (χ4n) is 1.19. The summed E-state index contributed by atoms with van der Waals surface area (Å²) in [5, 5.41) is 8.69. The van der Waals surface area contributed by atoms with E-state index in [0.717, 1.165) is 5.56 Å². The number of aliphatic hydroxyl groups is 1. The molecular weight excluding hydrogens is 207 g/mol. The van der Waals surface area contributed by atoms with E-state index in [4.69, 9.17) is 21.4 Å². The number of ether oxygens (including phenoxy) is 1. The van der Waals surface area contributed by atoms with Gasteiger partial charge in [0.05, 0.1) is 12.1 Å². The molecule has 78 valence electrons. The third kappa shape index (κ3) is 2.59. The molecule has 1 rings (SSSR count). The van der Waals surface area contributed by atoms with Crippen molar-refractivity contribution >= 4 is 11.6 Å². The Morgan fingerprint density at radius 3 is 2.79 bits per heavy atom. The van der Waals surface area contributed by atoms with Crippen molar-refractivity contribution in [3.8, 4) is 5.75 Å². The van der Waals surface area contributed by atoms with Crippen LogP contribution in [0.5, 0.6) is 5.75 Å². The highest BCUT2D eigenvalue weighted by atomic mass is 35.5. The Kier molecular flexibility index (Phi) is 4.17. The highest BCUT2D eigenvalue weighted by Crippen LogP contribution is 2.26. The van der Waals surface area contributed by atoms with Crippen LogP contribution in [0.2, 0.25) is 5.02 Å². The van der Waals surface area contributed by atoms with Gasteiger partial charge in [-0.25, -0.2) is 4.39 Å². The van der Waals surface area contributed by atoms with Gasteiger partial charge >= 0.3 is 0 Å². The molecule has 0 bridgehead atoms. The van der Waals surface area contributed by atoms with Gasteiger partial charge in [0, 0.05) is 6.61 Å². The molecule has 1 aromatic rings. The lowest BCUT2D eigenvalue weighted by molar-refractivity contribution is 0.288. The van der Waals surface area contributed by atoms with E-state index in [9.17, 15) is 4.39 Å². The van der Waals surface area contributed by atoms with Crippen molar-refractivity contribution < 1.29 is 14.2 Å². The maximum Gasteiger partial charge on any atom is 0.183 e. The van der Waals surface area contributed by atoms with E-state index in [0.29, 0.717) is 12.8 Å². The standard InChI is InChI=1S/C10H12ClFO2/c1-14-9-6-7(3-2-4-13)5-8(11)10(9)12/h5-6,13H,2-4H2,1H3. The van der Waals surface area contributed by atoms with Crippen molar-refractivity contribution in [3.05, 3.63) is 28.5 Å². The lowest BCUT2D eigenvalue weighted by atomic mass is 10.1. The summed E-state index contributed by atoms with van der Waals surface area (Å²) in [6, 6.07) is 3.14. The van der Waals surface area contributed by atoms with E-state index < -0.39 is 5.82 Å². The van der Waals surface area contributed by atoms with Crippen LogP contribution in [0.15, 0.2) is 12.1 Å². The number of hydrogen-bond acceptors (Lipinski definition) is 2. The molecule has 1 aromatic carbocycles. The molecule has 0 saturated carbocycles. The predicted molar refractivity (Wildman–Crippen MR) is 53.4 cm³/mol. The molecule has 4 heteroatoms. The van der Waals surface area contributed by atoms with Gasteiger partial charge < -0.3 is 9.84 Å². The van der Waals surface area contributed by atoms with Gasteiger partial charge in [-0.1, -0.05) is 11.6 Å². The van der Waals surface area contributed by atoms with E-state index in [1.807, 2.05) is 0 Å². The first-order valence-electron chi connectivity index (χ1n) is 4.31. The van der Waals surface area contributed by atoms with E-state index in [-0.39, 0.29) is 17.4 Å². The lowest BCUT2D eigenvalue weighted by Crippen LogP contribution is -1.94. The summed E-state index contributed by atoms with van der Waals surface area (Å²) in [7, 11) is 1.39. The molecule has 0 radical (unpaired) electrons. The summed E-state index contributed by atoms with van der Waals surface area (Å²) >= 11 is 5.66. The van der Waals surface area contributed by atoms with Crippen molar-refractivity contribution in [2.24, 2.45) is 0 Å². The van der Waals surface area contributed by atoms with E-state index in [1.165, 1.54) is 7.11 Å². The molecular formula is C10H12ClFO2. The average molecular weight is 219 g/mol. The third-order valence-electron chi connectivity index (χ3n) is 1.90. The molecule has 0 aliphatic heterocycles. The number of halogens is 2. The number of rotatable bonds is 4. The lowest BCUT2D eigenvalue weighted by Gasteiger charge is -2.06. The number of aliphatic hydroxyl groups excluding tert-OH is 1. The molecule has 0 aromatic heterocycles. The van der Waals surface area contributed by atoms with Gasteiger partial charge in [-0.3, -0.25) is 0 Å². The highest BCUT2D eigenvalue weighted by molar-refractivity contribution is 6.30. The summed E-state index contributed by atoms with van der Waals surface area (Å²) in [4.78, 5) is 0. The summed E-state index contributed by atoms with van der Waals surface area (Å²) < 4.78 is 18.0. The number of methoxy groups -OCH3 is 1. The van der Waals surface area contributed by atoms with Crippen molar-refractivity contribution in [2.45, 2.75) is 12.8 Å². The van der Waals surface area contributed by atoms with Gasteiger partial charge in [-0.05, 0) is 30.5 Å². The zero-order chi connectivity index (χ0) is 10.6. The van der Waals surface area contributed by atoms with Crippen LogP contribution in [0.1, 0.15) is 12.0 Å². The first-order valence-corrected chi connectivity index (χ1v) is 4.69. The largest absolute Gasteiger partial charge is 0.494 e. The zero-order valence-electron chi connectivity index (χ0n) is 7.89. The Balaban J connectivity index is 2.91. The molecule has 0 unspecified atom stereocenters. The van der Waals surface area contributed by atoms with E-state index in [2.05, 4.69) is 0 Å². The number of benzene rings is 1. The summed E-state index contributed by atoms with van der Waals surface area (Å²) in [6.45, 7) is 0.108. The molecule has 0 aliphatic rings. The Morgan fingerprint density at radius 2 is 2.21 bits per heavy atom. The summed E-state index contributed by atoms with van der Waals surface area (Å²) in [5.74, 6) is -0.396. The van der Waals surface area contributed by atoms with E-state index in [1.54, 1.807) is 12.1 Å². The maximum atomic E-state index is 13.2. The summed E-state index contributed by atoms with van der Waals surface area (Å²) in [6.07, 6.45) is 1.29. The van der Waals surface area contributed by atoms with Crippen molar-refractivity contribution in [1.29, 1.82) is 0 Å². The Hall–Kier alpha value is -0.800. The minimum atomic E-state index is -0.540. The van der Waals surface area contributed by atoms with Gasteiger partial charge in [-0.15, -0.1) is 0 Å². The quantitative estimate of drug-likeness (QED) is 0.841. The van der Waals surface area contributed by atoms with Crippen LogP contribution in [-0.4, -0.2) is 18.8 Å². The Bertz CT molecular complexity index is 315. The molecule has 1 N–H and O–H groups in total. The fourth-order valence-corrected chi connectivity index (χ4v) is 1.43. The first-order chi connectivity index (χ1) is 6.69. The smallest absolute Gasteiger partial charge is 0.183 e. The SMILES string of the molecule is COc1cc(CCCO)cc(Cl)c1F. The van der Waals surface area contributed by atoms with Crippen LogP contribution >= 0.6 is 11.6 Å². The molecule has 0 atom stereocenters. The third-order valence-corrected chi connectivity index (χ3v) is 2.17. The van der Waals surface area contributed by atoms with Gasteiger partial charge in [0.25, 0.3) is 0 Å². The minimum absolute atomic E-state index is 0.0530. The average Bonchev–Trinajstić information content (AvgIpc) is 2.19.